The first kappa shape index (κ1) is 21.7. The van der Waals surface area contributed by atoms with Gasteiger partial charge in [0.1, 0.15) is 5.75 Å². The molecule has 5 nitrogen and oxygen atoms in total. The molecule has 0 aliphatic heterocycles. The lowest BCUT2D eigenvalue weighted by Gasteiger charge is -2.13. The van der Waals surface area contributed by atoms with Crippen LogP contribution in [0.1, 0.15) is 23.5 Å². The zero-order valence-electron chi connectivity index (χ0n) is 14.6. The van der Waals surface area contributed by atoms with Crippen LogP contribution in [-0.4, -0.2) is 37.8 Å². The summed E-state index contributed by atoms with van der Waals surface area (Å²) in [6, 6.07) is 11.6. The van der Waals surface area contributed by atoms with Gasteiger partial charge in [0, 0.05) is 18.0 Å². The summed E-state index contributed by atoms with van der Waals surface area (Å²) in [6.45, 7) is 3.92. The number of halogens is 1. The van der Waals surface area contributed by atoms with Crippen molar-refractivity contribution in [2.24, 2.45) is 4.99 Å². The fourth-order valence-corrected chi connectivity index (χ4v) is 2.92. The van der Waals surface area contributed by atoms with Gasteiger partial charge in [0.15, 0.2) is 5.96 Å². The molecule has 0 radical (unpaired) electrons. The topological polar surface area (TPSA) is 65.9 Å². The van der Waals surface area contributed by atoms with Crippen molar-refractivity contribution in [3.63, 3.8) is 0 Å². The van der Waals surface area contributed by atoms with Gasteiger partial charge in [-0.3, -0.25) is 4.99 Å². The molecule has 0 aliphatic rings. The largest absolute Gasteiger partial charge is 0.497 e. The maximum absolute atomic E-state index is 10.3. The molecule has 7 heteroatoms. The van der Waals surface area contributed by atoms with Crippen LogP contribution in [0.2, 0.25) is 0 Å². The first-order valence-electron chi connectivity index (χ1n) is 8.09. The molecule has 2 rings (SSSR count). The van der Waals surface area contributed by atoms with Gasteiger partial charge in [0.25, 0.3) is 0 Å². The number of rotatable bonds is 8. The highest BCUT2D eigenvalue weighted by Gasteiger charge is 2.08. The van der Waals surface area contributed by atoms with Gasteiger partial charge in [0.2, 0.25) is 0 Å². The molecular formula is C18H26IN3O2S. The van der Waals surface area contributed by atoms with E-state index in [9.17, 15) is 5.11 Å². The number of benzene rings is 1. The van der Waals surface area contributed by atoms with Crippen LogP contribution in [-0.2, 0) is 6.42 Å². The number of hydrogen-bond acceptors (Lipinski definition) is 4. The van der Waals surface area contributed by atoms with Gasteiger partial charge >= 0.3 is 0 Å². The minimum atomic E-state index is -0.636. The normalized spacial score (nSPS) is 12.2. The maximum Gasteiger partial charge on any atom is 0.191 e. The standard InChI is InChI=1S/C18H25N3O2S.HI/c1-3-19-18(20-11-10-16-5-4-12-24-16)21-13-17(22)14-6-8-15(23-2)9-7-14;/h4-9,12,17,22H,3,10-11,13H2,1-2H3,(H2,19,20,21);1H. The zero-order chi connectivity index (χ0) is 17.2. The molecule has 1 aromatic carbocycles. The molecule has 0 saturated heterocycles. The van der Waals surface area contributed by atoms with Crippen LogP contribution < -0.4 is 15.4 Å². The number of hydrogen-bond donors (Lipinski definition) is 3. The Morgan fingerprint density at radius 2 is 2.00 bits per heavy atom. The number of nitrogens with one attached hydrogen (secondary N) is 2. The molecule has 0 spiro atoms. The van der Waals surface area contributed by atoms with E-state index in [1.54, 1.807) is 18.4 Å². The predicted octanol–water partition coefficient (Wildman–Crippen LogP) is 3.21. The summed E-state index contributed by atoms with van der Waals surface area (Å²) in [7, 11) is 1.63. The van der Waals surface area contributed by atoms with Gasteiger partial charge in [-0.25, -0.2) is 0 Å². The molecule has 1 heterocycles. The molecule has 25 heavy (non-hydrogen) atoms. The molecule has 2 aromatic rings. The van der Waals surface area contributed by atoms with Crippen LogP contribution in [0.5, 0.6) is 5.75 Å². The summed E-state index contributed by atoms with van der Waals surface area (Å²) in [4.78, 5) is 5.81. The Hall–Kier alpha value is -1.32. The molecule has 1 unspecified atom stereocenters. The number of guanidine groups is 1. The van der Waals surface area contributed by atoms with Crippen LogP contribution in [0, 0.1) is 0 Å². The van der Waals surface area contributed by atoms with E-state index < -0.39 is 6.10 Å². The van der Waals surface area contributed by atoms with E-state index in [0.29, 0.717) is 6.54 Å². The summed E-state index contributed by atoms with van der Waals surface area (Å²) >= 11 is 1.76. The van der Waals surface area contributed by atoms with Crippen molar-refractivity contribution >= 4 is 41.3 Å². The zero-order valence-corrected chi connectivity index (χ0v) is 17.7. The third kappa shape index (κ3) is 7.62. The summed E-state index contributed by atoms with van der Waals surface area (Å²) in [5, 5.41) is 18.9. The Balaban J connectivity index is 0.00000312. The smallest absolute Gasteiger partial charge is 0.191 e. The molecule has 0 bridgehead atoms. The van der Waals surface area contributed by atoms with Gasteiger partial charge < -0.3 is 20.5 Å². The highest BCUT2D eigenvalue weighted by atomic mass is 127. The van der Waals surface area contributed by atoms with E-state index in [0.717, 1.165) is 36.8 Å². The number of ether oxygens (including phenoxy) is 1. The van der Waals surface area contributed by atoms with E-state index in [1.165, 1.54) is 4.88 Å². The first-order chi connectivity index (χ1) is 11.7. The Morgan fingerprint density at radius 1 is 1.24 bits per heavy atom. The second kappa shape index (κ2) is 12.1. The van der Waals surface area contributed by atoms with E-state index in [1.807, 2.05) is 31.2 Å². The summed E-state index contributed by atoms with van der Waals surface area (Å²) in [5.74, 6) is 1.50. The number of aliphatic imine (C=N–C) groups is 1. The van der Waals surface area contributed by atoms with Gasteiger partial charge in [-0.05, 0) is 42.5 Å². The molecule has 1 aromatic heterocycles. The monoisotopic (exact) mass is 475 g/mol. The molecule has 1 atom stereocenters. The van der Waals surface area contributed by atoms with E-state index in [4.69, 9.17) is 4.74 Å². The van der Waals surface area contributed by atoms with Gasteiger partial charge in [-0.15, -0.1) is 35.3 Å². The Kier molecular flexibility index (Phi) is 10.5. The van der Waals surface area contributed by atoms with Crippen molar-refractivity contribution in [3.05, 3.63) is 52.2 Å². The van der Waals surface area contributed by atoms with Gasteiger partial charge in [-0.1, -0.05) is 18.2 Å². The third-order valence-electron chi connectivity index (χ3n) is 3.51. The van der Waals surface area contributed by atoms with Crippen LogP contribution in [0.15, 0.2) is 46.8 Å². The fraction of sp³-hybridized carbons (Fsp3) is 0.389. The van der Waals surface area contributed by atoms with Crippen molar-refractivity contribution in [2.75, 3.05) is 26.7 Å². The lowest BCUT2D eigenvalue weighted by atomic mass is 10.1. The van der Waals surface area contributed by atoms with Crippen LogP contribution >= 0.6 is 35.3 Å². The van der Waals surface area contributed by atoms with Gasteiger partial charge in [0.05, 0.1) is 19.8 Å². The Labute approximate surface area is 170 Å². The SMILES string of the molecule is CCNC(=NCC(O)c1ccc(OC)cc1)NCCc1cccs1.I. The van der Waals surface area contributed by atoms with Crippen molar-refractivity contribution in [1.82, 2.24) is 10.6 Å². The third-order valence-corrected chi connectivity index (χ3v) is 4.45. The second-order valence-electron chi connectivity index (χ2n) is 5.26. The predicted molar refractivity (Wildman–Crippen MR) is 115 cm³/mol. The summed E-state index contributed by atoms with van der Waals surface area (Å²) < 4.78 is 5.13. The quantitative estimate of drug-likeness (QED) is 0.312. The molecular weight excluding hydrogens is 449 g/mol. The van der Waals surface area contributed by atoms with Crippen LogP contribution in [0.3, 0.4) is 0 Å². The number of thiophene rings is 1. The van der Waals surface area contributed by atoms with Crippen molar-refractivity contribution < 1.29 is 9.84 Å². The molecule has 0 saturated carbocycles. The number of aliphatic hydroxyl groups excluding tert-OH is 1. The molecule has 0 amide bonds. The molecule has 138 valence electrons. The lowest BCUT2D eigenvalue weighted by Crippen LogP contribution is -2.38. The number of nitrogens with zero attached hydrogens (tertiary/aromatic N) is 1. The van der Waals surface area contributed by atoms with Crippen LogP contribution in [0.25, 0.3) is 0 Å². The highest BCUT2D eigenvalue weighted by Crippen LogP contribution is 2.17. The van der Waals surface area contributed by atoms with E-state index in [-0.39, 0.29) is 24.0 Å². The second-order valence-corrected chi connectivity index (χ2v) is 6.30. The van der Waals surface area contributed by atoms with Crippen molar-refractivity contribution in [3.8, 4) is 5.75 Å². The minimum Gasteiger partial charge on any atom is -0.497 e. The highest BCUT2D eigenvalue weighted by molar-refractivity contribution is 14.0. The Morgan fingerprint density at radius 3 is 2.60 bits per heavy atom. The first-order valence-corrected chi connectivity index (χ1v) is 8.97. The molecule has 0 aliphatic carbocycles. The average Bonchev–Trinajstić information content (AvgIpc) is 3.13. The van der Waals surface area contributed by atoms with Gasteiger partial charge in [-0.2, -0.15) is 0 Å². The van der Waals surface area contributed by atoms with Crippen molar-refractivity contribution in [1.29, 1.82) is 0 Å². The number of methoxy groups -OCH3 is 1. The van der Waals surface area contributed by atoms with Crippen molar-refractivity contribution in [2.45, 2.75) is 19.4 Å². The minimum absolute atomic E-state index is 0. The summed E-state index contributed by atoms with van der Waals surface area (Å²) in [5.41, 5.74) is 0.828. The average molecular weight is 475 g/mol. The van der Waals surface area contributed by atoms with E-state index >= 15 is 0 Å². The maximum atomic E-state index is 10.3. The fourth-order valence-electron chi connectivity index (χ4n) is 2.21. The lowest BCUT2D eigenvalue weighted by molar-refractivity contribution is 0.187. The molecule has 0 fully saturated rings. The number of aliphatic hydroxyl groups is 1. The summed E-state index contributed by atoms with van der Waals surface area (Å²) in [6.07, 6.45) is 0.326. The Bertz CT molecular complexity index is 618. The van der Waals surface area contributed by atoms with E-state index in [2.05, 4.69) is 33.1 Å². The molecule has 3 N–H and O–H groups in total. The van der Waals surface area contributed by atoms with Crippen LogP contribution in [0.4, 0.5) is 0 Å².